The third kappa shape index (κ3) is 4.92. The molecule has 5 rings (SSSR count). The molecule has 0 spiro atoms. The molecule has 0 unspecified atom stereocenters. The van der Waals surface area contributed by atoms with Crippen molar-refractivity contribution in [2.24, 2.45) is 5.92 Å². The molecule has 33 heavy (non-hydrogen) atoms. The highest BCUT2D eigenvalue weighted by Crippen LogP contribution is 2.35. The van der Waals surface area contributed by atoms with Crippen LogP contribution in [0.15, 0.2) is 42.6 Å². The summed E-state index contributed by atoms with van der Waals surface area (Å²) in [6.45, 7) is 6.38. The standard InChI is InChI=1S/C27H36N4O2/c1-19-14-21-16-28-26(29-23-9-12-33-13-10-23)15-22(21)17-31(19)27(32)24-8-11-30(2)18-25(24)20-6-4-3-5-7-20/h3-7,15-16,19,23-25H,8-14,17-18H2,1-2H3,(H,28,29)/t19-,24+,25-/m1/s1. The maximum absolute atomic E-state index is 13.9. The van der Waals surface area contributed by atoms with Crippen LogP contribution in [0.3, 0.4) is 0 Å². The van der Waals surface area contributed by atoms with Gasteiger partial charge in [0.25, 0.3) is 0 Å². The first-order valence-corrected chi connectivity index (χ1v) is 12.4. The Morgan fingerprint density at radius 1 is 1.12 bits per heavy atom. The minimum absolute atomic E-state index is 0.0364. The summed E-state index contributed by atoms with van der Waals surface area (Å²) in [5, 5.41) is 3.58. The molecule has 3 aliphatic rings. The van der Waals surface area contributed by atoms with Crippen LogP contribution in [-0.4, -0.2) is 66.1 Å². The van der Waals surface area contributed by atoms with E-state index >= 15 is 0 Å². The summed E-state index contributed by atoms with van der Waals surface area (Å²) in [5.74, 6) is 1.51. The number of hydrogen-bond acceptors (Lipinski definition) is 5. The van der Waals surface area contributed by atoms with Crippen LogP contribution in [0.25, 0.3) is 0 Å². The maximum Gasteiger partial charge on any atom is 0.226 e. The fourth-order valence-corrected chi connectivity index (χ4v) is 5.71. The van der Waals surface area contributed by atoms with Crippen molar-refractivity contribution in [2.75, 3.05) is 38.7 Å². The smallest absolute Gasteiger partial charge is 0.226 e. The summed E-state index contributed by atoms with van der Waals surface area (Å²) in [5.41, 5.74) is 3.78. The van der Waals surface area contributed by atoms with Crippen LogP contribution in [0.2, 0.25) is 0 Å². The minimum atomic E-state index is 0.0364. The molecule has 6 heteroatoms. The van der Waals surface area contributed by atoms with E-state index < -0.39 is 0 Å². The molecule has 3 aliphatic heterocycles. The van der Waals surface area contributed by atoms with Gasteiger partial charge in [0.2, 0.25) is 5.91 Å². The molecule has 3 atom stereocenters. The number of benzene rings is 1. The zero-order valence-electron chi connectivity index (χ0n) is 19.9. The zero-order valence-corrected chi connectivity index (χ0v) is 19.9. The molecule has 0 radical (unpaired) electrons. The van der Waals surface area contributed by atoms with Crippen LogP contribution < -0.4 is 5.32 Å². The number of rotatable bonds is 4. The Morgan fingerprint density at radius 2 is 1.91 bits per heavy atom. The van der Waals surface area contributed by atoms with Gasteiger partial charge in [-0.2, -0.15) is 0 Å². The number of carbonyl (C=O) groups is 1. The van der Waals surface area contributed by atoms with Crippen LogP contribution in [-0.2, 0) is 22.5 Å². The number of carbonyl (C=O) groups excluding carboxylic acids is 1. The van der Waals surface area contributed by atoms with Gasteiger partial charge >= 0.3 is 0 Å². The number of ether oxygens (including phenoxy) is 1. The van der Waals surface area contributed by atoms with Gasteiger partial charge in [-0.1, -0.05) is 30.3 Å². The number of likely N-dealkylation sites (tertiary alicyclic amines) is 1. The monoisotopic (exact) mass is 448 g/mol. The topological polar surface area (TPSA) is 57.7 Å². The molecule has 2 aromatic rings. The second-order valence-corrected chi connectivity index (χ2v) is 10.1. The Balaban J connectivity index is 1.34. The van der Waals surface area contributed by atoms with Gasteiger partial charge < -0.3 is 19.9 Å². The van der Waals surface area contributed by atoms with E-state index in [1.807, 2.05) is 6.20 Å². The second kappa shape index (κ2) is 9.82. The van der Waals surface area contributed by atoms with Crippen molar-refractivity contribution < 1.29 is 9.53 Å². The van der Waals surface area contributed by atoms with Gasteiger partial charge in [-0.3, -0.25) is 4.79 Å². The van der Waals surface area contributed by atoms with E-state index in [4.69, 9.17) is 4.74 Å². The van der Waals surface area contributed by atoms with Crippen molar-refractivity contribution >= 4 is 11.7 Å². The molecular weight excluding hydrogens is 412 g/mol. The SMILES string of the molecule is C[C@@H]1Cc2cnc(NC3CCOCC3)cc2CN1C(=O)[C@H]1CCN(C)C[C@@H]1c1ccccc1. The predicted molar refractivity (Wildman–Crippen MR) is 130 cm³/mol. The van der Waals surface area contributed by atoms with Crippen molar-refractivity contribution in [1.82, 2.24) is 14.8 Å². The van der Waals surface area contributed by atoms with Crippen LogP contribution >= 0.6 is 0 Å². The van der Waals surface area contributed by atoms with Crippen LogP contribution in [0.5, 0.6) is 0 Å². The summed E-state index contributed by atoms with van der Waals surface area (Å²) in [6.07, 6.45) is 5.82. The highest BCUT2D eigenvalue weighted by molar-refractivity contribution is 5.81. The number of pyridine rings is 1. The molecule has 1 aromatic carbocycles. The Morgan fingerprint density at radius 3 is 2.70 bits per heavy atom. The Kier molecular flexibility index (Phi) is 6.65. The molecule has 1 amide bonds. The first-order chi connectivity index (χ1) is 16.1. The maximum atomic E-state index is 13.9. The molecular formula is C27H36N4O2. The van der Waals surface area contributed by atoms with Crippen molar-refractivity contribution in [3.8, 4) is 0 Å². The first-order valence-electron chi connectivity index (χ1n) is 12.4. The Bertz CT molecular complexity index is 960. The fourth-order valence-electron chi connectivity index (χ4n) is 5.71. The minimum Gasteiger partial charge on any atom is -0.381 e. The summed E-state index contributed by atoms with van der Waals surface area (Å²) in [6, 6.07) is 13.4. The van der Waals surface area contributed by atoms with Crippen LogP contribution in [0, 0.1) is 5.92 Å². The van der Waals surface area contributed by atoms with Crippen LogP contribution in [0.4, 0.5) is 5.82 Å². The molecule has 1 aromatic heterocycles. The van der Waals surface area contributed by atoms with E-state index in [0.29, 0.717) is 18.5 Å². The van der Waals surface area contributed by atoms with Gasteiger partial charge in [0.05, 0.1) is 0 Å². The van der Waals surface area contributed by atoms with Gasteiger partial charge in [0.15, 0.2) is 0 Å². The van der Waals surface area contributed by atoms with Gasteiger partial charge in [0, 0.05) is 56.4 Å². The number of hydrogen-bond donors (Lipinski definition) is 1. The van der Waals surface area contributed by atoms with Gasteiger partial charge in [-0.25, -0.2) is 4.98 Å². The first kappa shape index (κ1) is 22.4. The number of aromatic nitrogens is 1. The van der Waals surface area contributed by atoms with Gasteiger partial charge in [0.1, 0.15) is 5.82 Å². The summed E-state index contributed by atoms with van der Waals surface area (Å²) in [4.78, 5) is 23.1. The lowest BCUT2D eigenvalue weighted by molar-refractivity contribution is -0.141. The Hall–Kier alpha value is -2.44. The van der Waals surface area contributed by atoms with Crippen LogP contribution in [0.1, 0.15) is 48.8 Å². The number of fused-ring (bicyclic) bond motifs is 1. The molecule has 1 N–H and O–H groups in total. The highest BCUT2D eigenvalue weighted by atomic mass is 16.5. The molecule has 2 fully saturated rings. The second-order valence-electron chi connectivity index (χ2n) is 10.1. The number of likely N-dealkylation sites (N-methyl/N-ethyl adjacent to an activating group) is 1. The third-order valence-electron chi connectivity index (χ3n) is 7.69. The van der Waals surface area contributed by atoms with Crippen molar-refractivity contribution in [3.63, 3.8) is 0 Å². The molecule has 0 bridgehead atoms. The van der Waals surface area contributed by atoms with E-state index in [1.54, 1.807) is 0 Å². The number of anilines is 1. The largest absolute Gasteiger partial charge is 0.381 e. The molecule has 2 saturated heterocycles. The molecule has 176 valence electrons. The highest BCUT2D eigenvalue weighted by Gasteiger charge is 2.39. The van der Waals surface area contributed by atoms with E-state index in [0.717, 1.165) is 57.8 Å². The van der Waals surface area contributed by atoms with Crippen molar-refractivity contribution in [3.05, 3.63) is 59.3 Å². The molecule has 0 saturated carbocycles. The quantitative estimate of drug-likeness (QED) is 0.773. The normalized spacial score (nSPS) is 26.6. The summed E-state index contributed by atoms with van der Waals surface area (Å²) in [7, 11) is 2.16. The number of nitrogens with one attached hydrogen (secondary N) is 1. The summed E-state index contributed by atoms with van der Waals surface area (Å²) < 4.78 is 5.48. The molecule has 4 heterocycles. The number of amides is 1. The third-order valence-corrected chi connectivity index (χ3v) is 7.69. The number of nitrogens with zero attached hydrogens (tertiary/aromatic N) is 3. The average molecular weight is 449 g/mol. The van der Waals surface area contributed by atoms with E-state index in [2.05, 4.69) is 70.5 Å². The lowest BCUT2D eigenvalue weighted by atomic mass is 9.79. The Labute approximate surface area is 197 Å². The molecule has 0 aliphatic carbocycles. The zero-order chi connectivity index (χ0) is 22.8. The van der Waals surface area contributed by atoms with E-state index in [-0.39, 0.29) is 17.9 Å². The predicted octanol–water partition coefficient (Wildman–Crippen LogP) is 3.68. The van der Waals surface area contributed by atoms with Gasteiger partial charge in [-0.15, -0.1) is 0 Å². The van der Waals surface area contributed by atoms with Gasteiger partial charge in [-0.05, 0) is 69.0 Å². The van der Waals surface area contributed by atoms with Crippen molar-refractivity contribution in [1.29, 1.82) is 0 Å². The van der Waals surface area contributed by atoms with Crippen molar-refractivity contribution in [2.45, 2.75) is 57.2 Å². The van der Waals surface area contributed by atoms with E-state index in [9.17, 15) is 4.79 Å². The average Bonchev–Trinajstić information content (AvgIpc) is 2.84. The van der Waals surface area contributed by atoms with E-state index in [1.165, 1.54) is 16.7 Å². The summed E-state index contributed by atoms with van der Waals surface area (Å²) >= 11 is 0. The molecule has 6 nitrogen and oxygen atoms in total. The number of piperidine rings is 1. The fraction of sp³-hybridized carbons (Fsp3) is 0.556. The lowest BCUT2D eigenvalue weighted by Gasteiger charge is -2.42. The lowest BCUT2D eigenvalue weighted by Crippen LogP contribution is -2.50.